The summed E-state index contributed by atoms with van der Waals surface area (Å²) in [4.78, 5) is 29.7. The molecule has 0 unspecified atom stereocenters. The van der Waals surface area contributed by atoms with Crippen molar-refractivity contribution in [3.05, 3.63) is 106 Å². The van der Waals surface area contributed by atoms with Crippen molar-refractivity contribution in [1.29, 1.82) is 0 Å². The van der Waals surface area contributed by atoms with Crippen molar-refractivity contribution in [2.75, 3.05) is 0 Å². The van der Waals surface area contributed by atoms with Crippen LogP contribution in [0.2, 0.25) is 0 Å². The number of benzene rings is 3. The SMILES string of the molecule is Cc1cccc(CN(C(=O)Cc2ccc(C)c(C)c2)[C@H](Cc2ccccc2)C(=O)NC2CCCCC2)c1. The number of nitrogens with zero attached hydrogens (tertiary/aromatic N) is 1. The van der Waals surface area contributed by atoms with E-state index >= 15 is 0 Å². The molecule has 37 heavy (non-hydrogen) atoms. The van der Waals surface area contributed by atoms with Crippen LogP contribution in [-0.4, -0.2) is 28.8 Å². The number of rotatable bonds is 9. The molecule has 0 aromatic heterocycles. The molecule has 194 valence electrons. The van der Waals surface area contributed by atoms with E-state index in [9.17, 15) is 9.59 Å². The lowest BCUT2D eigenvalue weighted by molar-refractivity contribution is -0.141. The van der Waals surface area contributed by atoms with Crippen LogP contribution in [0.25, 0.3) is 0 Å². The standard InChI is InChI=1S/C33H40N2O2/c1-24-11-10-14-29(19-24)23-35(32(36)22-28-18-17-25(2)26(3)20-28)31(21-27-12-6-4-7-13-27)33(37)34-30-15-8-5-9-16-30/h4,6-7,10-14,17-20,30-31H,5,8-9,15-16,21-23H2,1-3H3,(H,34,37)/t31-/m1/s1. The third-order valence-corrected chi connectivity index (χ3v) is 7.58. The fourth-order valence-electron chi connectivity index (χ4n) is 5.30. The average molecular weight is 497 g/mol. The van der Waals surface area contributed by atoms with Crippen molar-refractivity contribution >= 4 is 11.8 Å². The minimum Gasteiger partial charge on any atom is -0.352 e. The van der Waals surface area contributed by atoms with Crippen LogP contribution in [0.5, 0.6) is 0 Å². The van der Waals surface area contributed by atoms with Gasteiger partial charge in [-0.05, 0) is 61.4 Å². The molecule has 1 N–H and O–H groups in total. The zero-order chi connectivity index (χ0) is 26.2. The van der Waals surface area contributed by atoms with Crippen LogP contribution in [0, 0.1) is 20.8 Å². The summed E-state index contributed by atoms with van der Waals surface area (Å²) >= 11 is 0. The molecule has 1 fully saturated rings. The van der Waals surface area contributed by atoms with Gasteiger partial charge < -0.3 is 10.2 Å². The van der Waals surface area contributed by atoms with Gasteiger partial charge in [0.1, 0.15) is 6.04 Å². The summed E-state index contributed by atoms with van der Waals surface area (Å²) in [5.74, 6) is -0.0682. The fourth-order valence-corrected chi connectivity index (χ4v) is 5.30. The highest BCUT2D eigenvalue weighted by Crippen LogP contribution is 2.21. The highest BCUT2D eigenvalue weighted by atomic mass is 16.2. The molecule has 0 spiro atoms. The minimum absolute atomic E-state index is 0.0236. The predicted molar refractivity (Wildman–Crippen MR) is 150 cm³/mol. The molecule has 1 aliphatic carbocycles. The van der Waals surface area contributed by atoms with Crippen LogP contribution in [-0.2, 0) is 29.0 Å². The summed E-state index contributed by atoms with van der Waals surface area (Å²) < 4.78 is 0. The van der Waals surface area contributed by atoms with Gasteiger partial charge in [0, 0.05) is 19.0 Å². The Labute approximate surface area is 222 Å². The topological polar surface area (TPSA) is 49.4 Å². The Bertz CT molecular complexity index is 1200. The Morgan fingerprint density at radius 2 is 1.54 bits per heavy atom. The van der Waals surface area contributed by atoms with Crippen molar-refractivity contribution in [2.24, 2.45) is 0 Å². The smallest absolute Gasteiger partial charge is 0.243 e. The number of nitrogens with one attached hydrogen (secondary N) is 1. The molecule has 0 bridgehead atoms. The lowest BCUT2D eigenvalue weighted by Crippen LogP contribution is -2.53. The minimum atomic E-state index is -0.580. The van der Waals surface area contributed by atoms with Gasteiger partial charge in [-0.15, -0.1) is 0 Å². The largest absolute Gasteiger partial charge is 0.352 e. The second kappa shape index (κ2) is 12.7. The first-order chi connectivity index (χ1) is 17.9. The van der Waals surface area contributed by atoms with Crippen LogP contribution in [0.3, 0.4) is 0 Å². The number of carbonyl (C=O) groups is 2. The first kappa shape index (κ1) is 26.7. The summed E-state index contributed by atoms with van der Waals surface area (Å²) in [7, 11) is 0. The maximum absolute atomic E-state index is 14.0. The van der Waals surface area contributed by atoms with Gasteiger partial charge in [-0.2, -0.15) is 0 Å². The number of hydrogen-bond acceptors (Lipinski definition) is 2. The van der Waals surface area contributed by atoms with E-state index in [4.69, 9.17) is 0 Å². The molecular formula is C33H40N2O2. The van der Waals surface area contributed by atoms with Crippen LogP contribution in [0.4, 0.5) is 0 Å². The van der Waals surface area contributed by atoms with E-state index in [1.165, 1.54) is 17.5 Å². The fraction of sp³-hybridized carbons (Fsp3) is 0.394. The van der Waals surface area contributed by atoms with Gasteiger partial charge in [-0.3, -0.25) is 9.59 Å². The lowest BCUT2D eigenvalue weighted by Gasteiger charge is -2.33. The summed E-state index contributed by atoms with van der Waals surface area (Å²) in [5.41, 5.74) is 6.60. The van der Waals surface area contributed by atoms with Crippen molar-refractivity contribution in [3.63, 3.8) is 0 Å². The quantitative estimate of drug-likeness (QED) is 0.381. The zero-order valence-electron chi connectivity index (χ0n) is 22.5. The molecule has 3 aromatic carbocycles. The highest BCUT2D eigenvalue weighted by Gasteiger charge is 2.32. The second-order valence-electron chi connectivity index (χ2n) is 10.7. The number of hydrogen-bond donors (Lipinski definition) is 1. The maximum atomic E-state index is 14.0. The molecule has 4 rings (SSSR count). The lowest BCUT2D eigenvalue weighted by atomic mass is 9.94. The molecule has 1 saturated carbocycles. The molecule has 4 nitrogen and oxygen atoms in total. The molecule has 1 atom stereocenters. The summed E-state index contributed by atoms with van der Waals surface area (Å²) in [6.45, 7) is 6.61. The Balaban J connectivity index is 1.66. The second-order valence-corrected chi connectivity index (χ2v) is 10.7. The van der Waals surface area contributed by atoms with Crippen molar-refractivity contribution in [1.82, 2.24) is 10.2 Å². The molecule has 0 saturated heterocycles. The molecule has 2 amide bonds. The zero-order valence-corrected chi connectivity index (χ0v) is 22.5. The van der Waals surface area contributed by atoms with Crippen LogP contribution in [0.1, 0.15) is 65.5 Å². The third kappa shape index (κ3) is 7.55. The van der Waals surface area contributed by atoms with Crippen molar-refractivity contribution < 1.29 is 9.59 Å². The van der Waals surface area contributed by atoms with E-state index in [0.29, 0.717) is 13.0 Å². The van der Waals surface area contributed by atoms with Crippen molar-refractivity contribution in [3.8, 4) is 0 Å². The van der Waals surface area contributed by atoms with E-state index in [-0.39, 0.29) is 24.3 Å². The van der Waals surface area contributed by atoms with Gasteiger partial charge in [0.05, 0.1) is 6.42 Å². The molecule has 0 heterocycles. The molecular weight excluding hydrogens is 456 g/mol. The van der Waals surface area contributed by atoms with Crippen LogP contribution in [0.15, 0.2) is 72.8 Å². The maximum Gasteiger partial charge on any atom is 0.243 e. The number of aryl methyl sites for hydroxylation is 3. The number of carbonyl (C=O) groups excluding carboxylic acids is 2. The summed E-state index contributed by atoms with van der Waals surface area (Å²) in [6, 6.07) is 24.1. The van der Waals surface area contributed by atoms with Gasteiger partial charge in [-0.25, -0.2) is 0 Å². The average Bonchev–Trinajstić information content (AvgIpc) is 2.89. The van der Waals surface area contributed by atoms with E-state index in [0.717, 1.165) is 47.9 Å². The van der Waals surface area contributed by atoms with E-state index in [2.05, 4.69) is 50.4 Å². The molecule has 3 aromatic rings. The monoisotopic (exact) mass is 496 g/mol. The summed E-state index contributed by atoms with van der Waals surface area (Å²) in [6.07, 6.45) is 6.31. The van der Waals surface area contributed by atoms with Crippen LogP contribution < -0.4 is 5.32 Å². The molecule has 0 radical (unpaired) electrons. The van der Waals surface area contributed by atoms with Crippen molar-refractivity contribution in [2.45, 2.75) is 84.3 Å². The normalized spacial score (nSPS) is 14.7. The van der Waals surface area contributed by atoms with E-state index in [1.54, 1.807) is 0 Å². The first-order valence-corrected chi connectivity index (χ1v) is 13.6. The first-order valence-electron chi connectivity index (χ1n) is 13.6. The van der Waals surface area contributed by atoms with E-state index < -0.39 is 6.04 Å². The van der Waals surface area contributed by atoms with Crippen LogP contribution >= 0.6 is 0 Å². The molecule has 4 heteroatoms. The summed E-state index contributed by atoms with van der Waals surface area (Å²) in [5, 5.41) is 3.32. The molecule has 1 aliphatic rings. The third-order valence-electron chi connectivity index (χ3n) is 7.58. The van der Waals surface area contributed by atoms with Gasteiger partial charge in [0.2, 0.25) is 11.8 Å². The Kier molecular flexibility index (Phi) is 9.16. The Morgan fingerprint density at radius 1 is 0.811 bits per heavy atom. The highest BCUT2D eigenvalue weighted by molar-refractivity contribution is 5.89. The Hall–Kier alpha value is -3.40. The van der Waals surface area contributed by atoms with Gasteiger partial charge in [-0.1, -0.05) is 97.6 Å². The predicted octanol–water partition coefficient (Wildman–Crippen LogP) is 6.24. The Morgan fingerprint density at radius 3 is 2.24 bits per heavy atom. The molecule has 0 aliphatic heterocycles. The number of amides is 2. The van der Waals surface area contributed by atoms with Gasteiger partial charge in [0.15, 0.2) is 0 Å². The van der Waals surface area contributed by atoms with Gasteiger partial charge in [0.25, 0.3) is 0 Å². The van der Waals surface area contributed by atoms with E-state index in [1.807, 2.05) is 53.4 Å². The van der Waals surface area contributed by atoms with Gasteiger partial charge >= 0.3 is 0 Å².